The monoisotopic (exact) mass is 348 g/mol. The minimum atomic E-state index is 0.184. The van der Waals surface area contributed by atoms with Crippen molar-refractivity contribution >= 4 is 34.6 Å². The lowest BCUT2D eigenvalue weighted by atomic mass is 10.1. The van der Waals surface area contributed by atoms with Crippen molar-refractivity contribution in [3.8, 4) is 0 Å². The van der Waals surface area contributed by atoms with E-state index in [2.05, 4.69) is 26.6 Å². The van der Waals surface area contributed by atoms with E-state index in [1.54, 1.807) is 6.20 Å². The van der Waals surface area contributed by atoms with Gasteiger partial charge < -0.3 is 15.5 Å². The summed E-state index contributed by atoms with van der Waals surface area (Å²) < 4.78 is 0. The maximum atomic E-state index is 6.13. The second kappa shape index (κ2) is 8.24. The van der Waals surface area contributed by atoms with Crippen molar-refractivity contribution in [2.75, 3.05) is 26.0 Å². The highest BCUT2D eigenvalue weighted by Crippen LogP contribution is 2.23. The number of hydrogen-bond donors (Lipinski definition) is 2. The molecular weight excluding hydrogens is 328 g/mol. The average molecular weight is 349 g/mol. The van der Waals surface area contributed by atoms with Crippen molar-refractivity contribution in [1.29, 1.82) is 0 Å². The highest BCUT2D eigenvalue weighted by Gasteiger charge is 2.14. The fourth-order valence-corrected chi connectivity index (χ4v) is 2.64. The molecule has 0 aliphatic carbocycles. The van der Waals surface area contributed by atoms with Gasteiger partial charge in [0.2, 0.25) is 0 Å². The number of pyridine rings is 1. The van der Waals surface area contributed by atoms with Crippen LogP contribution in [0.5, 0.6) is 0 Å². The third-order valence-electron chi connectivity index (χ3n) is 3.66. The third-order valence-corrected chi connectivity index (χ3v) is 4.32. The van der Waals surface area contributed by atoms with Gasteiger partial charge in [0.1, 0.15) is 0 Å². The van der Waals surface area contributed by atoms with Crippen molar-refractivity contribution in [3.05, 3.63) is 58.9 Å². The molecule has 0 spiro atoms. The maximum absolute atomic E-state index is 6.13. The topological polar surface area (TPSA) is 40.2 Å². The van der Waals surface area contributed by atoms with Crippen molar-refractivity contribution < 1.29 is 0 Å². The van der Waals surface area contributed by atoms with Gasteiger partial charge in [0.05, 0.1) is 6.04 Å². The normalized spacial score (nSPS) is 12.0. The number of aromatic nitrogens is 1. The predicted molar refractivity (Wildman–Crippen MR) is 101 cm³/mol. The molecule has 0 fully saturated rings. The number of halogens is 1. The fourth-order valence-electron chi connectivity index (χ4n) is 2.27. The Kier molecular flexibility index (Phi) is 6.33. The van der Waals surface area contributed by atoms with Crippen molar-refractivity contribution in [1.82, 2.24) is 15.2 Å². The summed E-state index contributed by atoms with van der Waals surface area (Å²) in [5, 5.41) is 7.76. The van der Waals surface area contributed by atoms with E-state index in [4.69, 9.17) is 23.8 Å². The van der Waals surface area contributed by atoms with Crippen LogP contribution >= 0.6 is 23.8 Å². The SMILES string of the molecule is Cc1c(Cl)cccc1NC(=S)NC[C@@H](c1cccnc1)N(C)C. The summed E-state index contributed by atoms with van der Waals surface area (Å²) in [6.07, 6.45) is 3.65. The van der Waals surface area contributed by atoms with Crippen LogP contribution < -0.4 is 10.6 Å². The molecule has 1 atom stereocenters. The summed E-state index contributed by atoms with van der Waals surface area (Å²) in [4.78, 5) is 6.32. The van der Waals surface area contributed by atoms with Crippen LogP contribution in [-0.2, 0) is 0 Å². The molecule has 2 aromatic rings. The van der Waals surface area contributed by atoms with Gasteiger partial charge in [0.15, 0.2) is 5.11 Å². The fraction of sp³-hybridized carbons (Fsp3) is 0.294. The van der Waals surface area contributed by atoms with Crippen LogP contribution in [0.15, 0.2) is 42.7 Å². The van der Waals surface area contributed by atoms with E-state index in [-0.39, 0.29) is 6.04 Å². The van der Waals surface area contributed by atoms with Gasteiger partial charge in [-0.3, -0.25) is 4.98 Å². The first-order valence-corrected chi connectivity index (χ1v) is 8.14. The molecule has 0 aliphatic rings. The Morgan fingerprint density at radius 1 is 1.30 bits per heavy atom. The zero-order valence-electron chi connectivity index (χ0n) is 13.5. The van der Waals surface area contributed by atoms with E-state index < -0.39 is 0 Å². The number of nitrogens with one attached hydrogen (secondary N) is 2. The summed E-state index contributed by atoms with van der Waals surface area (Å²) >= 11 is 11.5. The Hall–Kier alpha value is -1.69. The zero-order chi connectivity index (χ0) is 16.8. The molecule has 1 aromatic carbocycles. The molecule has 0 radical (unpaired) electrons. The molecular formula is C17H21ClN4S. The molecule has 0 saturated carbocycles. The van der Waals surface area contributed by atoms with Crippen molar-refractivity contribution in [2.45, 2.75) is 13.0 Å². The van der Waals surface area contributed by atoms with E-state index in [1.807, 2.05) is 51.5 Å². The molecule has 6 heteroatoms. The standard InChI is InChI=1S/C17H21ClN4S/c1-12-14(18)7-4-8-15(12)21-17(23)20-11-16(22(2)3)13-6-5-9-19-10-13/h4-10,16H,11H2,1-3H3,(H2,20,21,23)/t16-/m0/s1. The molecule has 122 valence electrons. The molecule has 2 N–H and O–H groups in total. The van der Waals surface area contributed by atoms with Gasteiger partial charge in [-0.15, -0.1) is 0 Å². The molecule has 0 amide bonds. The molecule has 0 unspecified atom stereocenters. The smallest absolute Gasteiger partial charge is 0.170 e. The number of anilines is 1. The van der Waals surface area contributed by atoms with Crippen LogP contribution in [0, 0.1) is 6.92 Å². The van der Waals surface area contributed by atoms with Crippen molar-refractivity contribution in [3.63, 3.8) is 0 Å². The van der Waals surface area contributed by atoms with Gasteiger partial charge in [0.25, 0.3) is 0 Å². The molecule has 2 rings (SSSR count). The molecule has 1 aromatic heterocycles. The number of benzene rings is 1. The first-order chi connectivity index (χ1) is 11.0. The summed E-state index contributed by atoms with van der Waals surface area (Å²) in [7, 11) is 4.08. The predicted octanol–water partition coefficient (Wildman–Crippen LogP) is 3.63. The number of likely N-dealkylation sites (N-methyl/N-ethyl adjacent to an activating group) is 1. The third kappa shape index (κ3) is 4.89. The van der Waals surface area contributed by atoms with E-state index >= 15 is 0 Å². The highest BCUT2D eigenvalue weighted by atomic mass is 35.5. The first kappa shape index (κ1) is 17.7. The molecule has 0 aliphatic heterocycles. The van der Waals surface area contributed by atoms with Crippen LogP contribution in [-0.4, -0.2) is 35.6 Å². The molecule has 0 saturated heterocycles. The average Bonchev–Trinajstić information content (AvgIpc) is 2.53. The first-order valence-electron chi connectivity index (χ1n) is 7.35. The minimum Gasteiger partial charge on any atom is -0.361 e. The quantitative estimate of drug-likeness (QED) is 0.807. The summed E-state index contributed by atoms with van der Waals surface area (Å²) in [6, 6.07) is 9.92. The number of hydrogen-bond acceptors (Lipinski definition) is 3. The van der Waals surface area contributed by atoms with Crippen LogP contribution in [0.1, 0.15) is 17.2 Å². The van der Waals surface area contributed by atoms with Gasteiger partial charge >= 0.3 is 0 Å². The summed E-state index contributed by atoms with van der Waals surface area (Å²) in [6.45, 7) is 2.65. The molecule has 0 bridgehead atoms. The highest BCUT2D eigenvalue weighted by molar-refractivity contribution is 7.80. The summed E-state index contributed by atoms with van der Waals surface area (Å²) in [5.41, 5.74) is 3.04. The van der Waals surface area contributed by atoms with E-state index in [1.165, 1.54) is 0 Å². The van der Waals surface area contributed by atoms with Gasteiger partial charge in [-0.05, 0) is 62.6 Å². The van der Waals surface area contributed by atoms with Crippen LogP contribution in [0.2, 0.25) is 5.02 Å². The lowest BCUT2D eigenvalue weighted by Gasteiger charge is -2.25. The number of thiocarbonyl (C=S) groups is 1. The summed E-state index contributed by atoms with van der Waals surface area (Å²) in [5.74, 6) is 0. The minimum absolute atomic E-state index is 0.184. The second-order valence-electron chi connectivity index (χ2n) is 5.51. The molecule has 23 heavy (non-hydrogen) atoms. The Morgan fingerprint density at radius 3 is 2.74 bits per heavy atom. The Balaban J connectivity index is 1.98. The second-order valence-corrected chi connectivity index (χ2v) is 6.33. The van der Waals surface area contributed by atoms with E-state index in [0.29, 0.717) is 11.7 Å². The number of nitrogens with zero attached hydrogens (tertiary/aromatic N) is 2. The van der Waals surface area contributed by atoms with E-state index in [0.717, 1.165) is 21.8 Å². The number of rotatable bonds is 5. The van der Waals surface area contributed by atoms with Gasteiger partial charge in [-0.25, -0.2) is 0 Å². The molecule has 4 nitrogen and oxygen atoms in total. The van der Waals surface area contributed by atoms with Crippen LogP contribution in [0.4, 0.5) is 5.69 Å². The van der Waals surface area contributed by atoms with Gasteiger partial charge in [-0.1, -0.05) is 23.7 Å². The van der Waals surface area contributed by atoms with Crippen LogP contribution in [0.25, 0.3) is 0 Å². The van der Waals surface area contributed by atoms with Crippen LogP contribution in [0.3, 0.4) is 0 Å². The van der Waals surface area contributed by atoms with Gasteiger partial charge in [0, 0.05) is 29.6 Å². The van der Waals surface area contributed by atoms with Crippen molar-refractivity contribution in [2.24, 2.45) is 0 Å². The Morgan fingerprint density at radius 2 is 2.09 bits per heavy atom. The largest absolute Gasteiger partial charge is 0.361 e. The van der Waals surface area contributed by atoms with Gasteiger partial charge in [-0.2, -0.15) is 0 Å². The lowest BCUT2D eigenvalue weighted by molar-refractivity contribution is 0.298. The Labute approximate surface area is 147 Å². The van der Waals surface area contributed by atoms with E-state index in [9.17, 15) is 0 Å². The lowest BCUT2D eigenvalue weighted by Crippen LogP contribution is -2.36. The molecule has 1 heterocycles. The maximum Gasteiger partial charge on any atom is 0.170 e. The Bertz CT molecular complexity index is 661. The zero-order valence-corrected chi connectivity index (χ0v) is 15.1.